The Hall–Kier alpha value is -0.130. The van der Waals surface area contributed by atoms with Gasteiger partial charge in [-0.25, -0.2) is 8.42 Å². The van der Waals surface area contributed by atoms with Gasteiger partial charge >= 0.3 is 0 Å². The second kappa shape index (κ2) is 5.68. The van der Waals surface area contributed by atoms with Crippen LogP contribution in [0.15, 0.2) is 0 Å². The van der Waals surface area contributed by atoms with E-state index in [1.807, 2.05) is 0 Å². The van der Waals surface area contributed by atoms with Gasteiger partial charge in [0.15, 0.2) is 0 Å². The minimum absolute atomic E-state index is 0.0211. The molecule has 0 heterocycles. The SMILES string of the molecule is [NH]S(=O)(=O)CCCNC1CCCCC1. The van der Waals surface area contributed by atoms with Crippen LogP contribution in [0.4, 0.5) is 0 Å². The molecule has 0 aromatic heterocycles. The summed E-state index contributed by atoms with van der Waals surface area (Å²) >= 11 is 0. The fourth-order valence-electron chi connectivity index (χ4n) is 1.88. The molecule has 0 aromatic carbocycles. The predicted octanol–water partition coefficient (Wildman–Crippen LogP) is 0.911. The highest BCUT2D eigenvalue weighted by molar-refractivity contribution is 7.88. The average Bonchev–Trinajstić information content (AvgIpc) is 2.13. The van der Waals surface area contributed by atoms with Crippen LogP contribution in [0.25, 0.3) is 0 Å². The van der Waals surface area contributed by atoms with Gasteiger partial charge in [0, 0.05) is 6.04 Å². The molecule has 0 amide bonds. The lowest BCUT2D eigenvalue weighted by Crippen LogP contribution is -2.32. The van der Waals surface area contributed by atoms with Gasteiger partial charge in [-0.05, 0) is 25.8 Å². The standard InChI is InChI=1S/C9H19N2O2S/c10-14(12,13)8-4-7-11-9-5-2-1-3-6-9/h9-11H,1-8H2. The van der Waals surface area contributed by atoms with Crippen molar-refractivity contribution in [1.29, 1.82) is 0 Å². The maximum absolute atomic E-state index is 10.5. The maximum atomic E-state index is 10.5. The summed E-state index contributed by atoms with van der Waals surface area (Å²) < 4.78 is 21.0. The van der Waals surface area contributed by atoms with E-state index >= 15 is 0 Å². The van der Waals surface area contributed by atoms with Crippen LogP contribution in [-0.4, -0.2) is 26.8 Å². The summed E-state index contributed by atoms with van der Waals surface area (Å²) in [5.74, 6) is -0.0211. The van der Waals surface area contributed by atoms with Crippen LogP contribution in [0.2, 0.25) is 0 Å². The quantitative estimate of drug-likeness (QED) is 0.699. The van der Waals surface area contributed by atoms with E-state index in [0.29, 0.717) is 12.5 Å². The lowest BCUT2D eigenvalue weighted by molar-refractivity contribution is 0.374. The maximum Gasteiger partial charge on any atom is 0.225 e. The van der Waals surface area contributed by atoms with Crippen LogP contribution >= 0.6 is 0 Å². The van der Waals surface area contributed by atoms with E-state index in [0.717, 1.165) is 6.54 Å². The highest BCUT2D eigenvalue weighted by atomic mass is 32.2. The highest BCUT2D eigenvalue weighted by Gasteiger charge is 2.12. The molecule has 0 aliphatic heterocycles. The van der Waals surface area contributed by atoms with Crippen molar-refractivity contribution in [3.8, 4) is 0 Å². The Labute approximate surface area is 86.3 Å². The molecule has 2 N–H and O–H groups in total. The predicted molar refractivity (Wildman–Crippen MR) is 56.4 cm³/mol. The minimum Gasteiger partial charge on any atom is -0.314 e. The van der Waals surface area contributed by atoms with E-state index in [4.69, 9.17) is 5.14 Å². The summed E-state index contributed by atoms with van der Waals surface area (Å²) in [6, 6.07) is 0.581. The molecular weight excluding hydrogens is 200 g/mol. The first-order valence-electron chi connectivity index (χ1n) is 5.28. The number of hydrogen-bond acceptors (Lipinski definition) is 3. The van der Waals surface area contributed by atoms with Gasteiger partial charge in [0.1, 0.15) is 0 Å². The summed E-state index contributed by atoms with van der Waals surface area (Å²) in [6.07, 6.45) is 6.89. The van der Waals surface area contributed by atoms with Crippen molar-refractivity contribution >= 4 is 10.0 Å². The first-order valence-corrected chi connectivity index (χ1v) is 6.94. The first-order chi connectivity index (χ1) is 6.58. The third kappa shape index (κ3) is 5.57. The van der Waals surface area contributed by atoms with Crippen molar-refractivity contribution < 1.29 is 8.42 Å². The van der Waals surface area contributed by atoms with Crippen molar-refractivity contribution in [2.75, 3.05) is 12.3 Å². The van der Waals surface area contributed by atoms with Crippen LogP contribution in [0, 0.1) is 0 Å². The molecule has 0 aromatic rings. The van der Waals surface area contributed by atoms with E-state index in [9.17, 15) is 8.42 Å². The van der Waals surface area contributed by atoms with Crippen molar-refractivity contribution in [2.45, 2.75) is 44.6 Å². The van der Waals surface area contributed by atoms with Crippen molar-refractivity contribution in [1.82, 2.24) is 10.5 Å². The smallest absolute Gasteiger partial charge is 0.225 e. The Bertz CT molecular complexity index is 246. The van der Waals surface area contributed by atoms with Gasteiger partial charge in [0.05, 0.1) is 5.75 Å². The summed E-state index contributed by atoms with van der Waals surface area (Å²) in [7, 11) is -3.52. The Morgan fingerprint density at radius 1 is 1.21 bits per heavy atom. The molecule has 0 spiro atoms. The molecule has 1 aliphatic carbocycles. The molecule has 83 valence electrons. The molecule has 1 radical (unpaired) electrons. The fourth-order valence-corrected chi connectivity index (χ4v) is 2.40. The topological polar surface area (TPSA) is 70.0 Å². The fraction of sp³-hybridized carbons (Fsp3) is 1.00. The molecule has 4 nitrogen and oxygen atoms in total. The van der Waals surface area contributed by atoms with Gasteiger partial charge in [-0.15, -0.1) is 5.14 Å². The molecule has 14 heavy (non-hydrogen) atoms. The van der Waals surface area contributed by atoms with Gasteiger partial charge in [-0.2, -0.15) is 0 Å². The number of nitrogens with one attached hydrogen (secondary N) is 2. The Morgan fingerprint density at radius 3 is 2.43 bits per heavy atom. The van der Waals surface area contributed by atoms with E-state index < -0.39 is 10.0 Å². The first kappa shape index (κ1) is 11.9. The zero-order chi connectivity index (χ0) is 10.4. The van der Waals surface area contributed by atoms with Crippen LogP contribution in [0.3, 0.4) is 0 Å². The molecule has 5 heteroatoms. The molecule has 0 saturated heterocycles. The lowest BCUT2D eigenvalue weighted by atomic mass is 9.95. The summed E-state index contributed by atoms with van der Waals surface area (Å²) in [4.78, 5) is 0. The number of hydrogen-bond donors (Lipinski definition) is 1. The zero-order valence-electron chi connectivity index (χ0n) is 8.46. The zero-order valence-corrected chi connectivity index (χ0v) is 9.28. The van der Waals surface area contributed by atoms with E-state index in [-0.39, 0.29) is 5.75 Å². The average molecular weight is 219 g/mol. The number of rotatable bonds is 5. The molecule has 1 fully saturated rings. The van der Waals surface area contributed by atoms with Gasteiger partial charge in [-0.1, -0.05) is 19.3 Å². The molecule has 0 atom stereocenters. The summed E-state index contributed by atoms with van der Waals surface area (Å²) in [5.41, 5.74) is 0. The van der Waals surface area contributed by atoms with Crippen molar-refractivity contribution in [3.63, 3.8) is 0 Å². The Kier molecular flexibility index (Phi) is 4.84. The third-order valence-electron chi connectivity index (χ3n) is 2.63. The van der Waals surface area contributed by atoms with Crippen LogP contribution < -0.4 is 10.5 Å². The van der Waals surface area contributed by atoms with Crippen LogP contribution in [-0.2, 0) is 10.0 Å². The van der Waals surface area contributed by atoms with Gasteiger partial charge in [0.25, 0.3) is 0 Å². The molecule has 0 bridgehead atoms. The number of sulfonamides is 1. The molecule has 1 rings (SSSR count). The summed E-state index contributed by atoms with van der Waals surface area (Å²) in [6.45, 7) is 0.725. The summed E-state index contributed by atoms with van der Waals surface area (Å²) in [5, 5.41) is 10.0. The molecule has 1 saturated carbocycles. The Balaban J connectivity index is 2.03. The molecular formula is C9H19N2O2S. The molecule has 0 unspecified atom stereocenters. The van der Waals surface area contributed by atoms with E-state index in [2.05, 4.69) is 5.32 Å². The van der Waals surface area contributed by atoms with Gasteiger partial charge in [0.2, 0.25) is 10.0 Å². The van der Waals surface area contributed by atoms with E-state index in [1.165, 1.54) is 32.1 Å². The second-order valence-corrected chi connectivity index (χ2v) is 5.60. The lowest BCUT2D eigenvalue weighted by Gasteiger charge is -2.22. The third-order valence-corrected chi connectivity index (χ3v) is 3.45. The van der Waals surface area contributed by atoms with Gasteiger partial charge < -0.3 is 5.32 Å². The highest BCUT2D eigenvalue weighted by Crippen LogP contribution is 2.17. The van der Waals surface area contributed by atoms with Crippen LogP contribution in [0.1, 0.15) is 38.5 Å². The van der Waals surface area contributed by atoms with Crippen molar-refractivity contribution in [3.05, 3.63) is 0 Å². The molecule has 1 aliphatic rings. The largest absolute Gasteiger partial charge is 0.314 e. The second-order valence-electron chi connectivity index (χ2n) is 3.96. The van der Waals surface area contributed by atoms with Crippen molar-refractivity contribution in [2.24, 2.45) is 0 Å². The van der Waals surface area contributed by atoms with Crippen LogP contribution in [0.5, 0.6) is 0 Å². The van der Waals surface area contributed by atoms with Gasteiger partial charge in [-0.3, -0.25) is 0 Å². The normalized spacial score (nSPS) is 19.8. The monoisotopic (exact) mass is 219 g/mol. The van der Waals surface area contributed by atoms with E-state index in [1.54, 1.807) is 0 Å². The Morgan fingerprint density at radius 2 is 1.86 bits per heavy atom. The minimum atomic E-state index is -3.52.